The van der Waals surface area contributed by atoms with Crippen molar-refractivity contribution >= 4 is 19.5 Å². The molecule has 2 rings (SSSR count). The standard InChI is InChI=1S/C14H21N2O8PS/c1-7-6-16(14(19)15-12(7)18)13-11(22-5-4-21-3)10(24-25(20)26)9(23-13)8(2)17/h6,8-11,13,17H,4-5H2,1-3H3,(H-,15,18,19,20,26)/p+1. The first kappa shape index (κ1) is 21.2. The predicted octanol–water partition coefficient (Wildman–Crippen LogP) is 0.127. The molecule has 0 amide bonds. The monoisotopic (exact) mass is 409 g/mol. The van der Waals surface area contributed by atoms with E-state index in [4.69, 9.17) is 18.7 Å². The fourth-order valence-corrected chi connectivity index (χ4v) is 3.50. The van der Waals surface area contributed by atoms with E-state index in [1.165, 1.54) is 27.2 Å². The molecule has 6 atom stereocenters. The molecule has 1 fully saturated rings. The number of rotatable bonds is 8. The third kappa shape index (κ3) is 4.80. The molecule has 0 aromatic carbocycles. The number of hydrogen-bond acceptors (Lipinski definition) is 8. The van der Waals surface area contributed by atoms with E-state index in [2.05, 4.69) is 17.2 Å². The molecule has 0 radical (unpaired) electrons. The van der Waals surface area contributed by atoms with Gasteiger partial charge in [0.25, 0.3) is 5.56 Å². The highest BCUT2D eigenvalue weighted by molar-refractivity contribution is 8.39. The summed E-state index contributed by atoms with van der Waals surface area (Å²) in [4.78, 5) is 26.0. The fourth-order valence-electron chi connectivity index (χ4n) is 2.72. The molecule has 26 heavy (non-hydrogen) atoms. The maximum Gasteiger partial charge on any atom is 0.582 e. The molecule has 1 aliphatic heterocycles. The molecule has 0 bridgehead atoms. The number of hydrogen-bond donors (Lipinski definition) is 3. The highest BCUT2D eigenvalue weighted by Crippen LogP contribution is 2.41. The van der Waals surface area contributed by atoms with Crippen LogP contribution in [-0.2, 0) is 23.3 Å². The van der Waals surface area contributed by atoms with E-state index in [0.717, 1.165) is 4.57 Å². The minimum Gasteiger partial charge on any atom is -0.391 e. The minimum atomic E-state index is -2.32. The highest BCUT2D eigenvalue weighted by atomic mass is 32.7. The van der Waals surface area contributed by atoms with E-state index in [-0.39, 0.29) is 13.2 Å². The van der Waals surface area contributed by atoms with Gasteiger partial charge in [-0.05, 0) is 18.4 Å². The van der Waals surface area contributed by atoms with Crippen molar-refractivity contribution < 1.29 is 28.4 Å². The van der Waals surface area contributed by atoms with E-state index in [1.807, 2.05) is 0 Å². The summed E-state index contributed by atoms with van der Waals surface area (Å²) in [7, 11) is -0.819. The summed E-state index contributed by atoms with van der Waals surface area (Å²) < 4.78 is 34.4. The Morgan fingerprint density at radius 2 is 2.12 bits per heavy atom. The molecule has 0 saturated carbocycles. The molecular weight excluding hydrogens is 387 g/mol. The average Bonchev–Trinajstić information content (AvgIpc) is 2.89. The molecule has 1 saturated heterocycles. The van der Waals surface area contributed by atoms with Gasteiger partial charge in [-0.15, -0.1) is 4.52 Å². The smallest absolute Gasteiger partial charge is 0.391 e. The zero-order valence-electron chi connectivity index (χ0n) is 14.5. The first-order valence-electron chi connectivity index (χ1n) is 7.85. The summed E-state index contributed by atoms with van der Waals surface area (Å²) in [5, 5.41) is 10.0. The topological polar surface area (TPSA) is 129 Å². The molecule has 0 spiro atoms. The molecule has 12 heteroatoms. The van der Waals surface area contributed by atoms with Crippen molar-refractivity contribution in [2.75, 3.05) is 20.3 Å². The van der Waals surface area contributed by atoms with Crippen LogP contribution in [0.1, 0.15) is 18.7 Å². The number of nitrogens with one attached hydrogen (secondary N) is 1. The van der Waals surface area contributed by atoms with Crippen LogP contribution in [0.2, 0.25) is 0 Å². The lowest BCUT2D eigenvalue weighted by atomic mass is 10.1. The van der Waals surface area contributed by atoms with Crippen LogP contribution in [0.15, 0.2) is 15.8 Å². The van der Waals surface area contributed by atoms with Crippen LogP contribution in [0.5, 0.6) is 0 Å². The quantitative estimate of drug-likeness (QED) is 0.314. The third-order valence-corrected chi connectivity index (χ3v) is 4.64. The maximum atomic E-state index is 12.2. The van der Waals surface area contributed by atoms with Crippen molar-refractivity contribution in [2.24, 2.45) is 0 Å². The van der Waals surface area contributed by atoms with Gasteiger partial charge in [-0.1, -0.05) is 0 Å². The van der Waals surface area contributed by atoms with Gasteiger partial charge < -0.3 is 19.3 Å². The Morgan fingerprint density at radius 1 is 1.42 bits per heavy atom. The van der Waals surface area contributed by atoms with Crippen LogP contribution in [0.3, 0.4) is 0 Å². The second-order valence-electron chi connectivity index (χ2n) is 5.85. The zero-order valence-corrected chi connectivity index (χ0v) is 16.3. The molecule has 146 valence electrons. The van der Waals surface area contributed by atoms with Gasteiger partial charge in [0, 0.05) is 18.9 Å². The first-order valence-corrected chi connectivity index (χ1v) is 10.2. The van der Waals surface area contributed by atoms with Gasteiger partial charge in [0.2, 0.25) is 0 Å². The zero-order chi connectivity index (χ0) is 19.4. The Labute approximate surface area is 155 Å². The minimum absolute atomic E-state index is 0.147. The number of thiol groups is 1. The molecular formula is C14H22N2O8PS+. The van der Waals surface area contributed by atoms with E-state index < -0.39 is 49.1 Å². The number of methoxy groups -OCH3 is 1. The van der Waals surface area contributed by atoms with Crippen LogP contribution in [0, 0.1) is 6.92 Å². The van der Waals surface area contributed by atoms with Gasteiger partial charge >= 0.3 is 12.9 Å². The summed E-state index contributed by atoms with van der Waals surface area (Å²) in [5.74, 6) is 0. The van der Waals surface area contributed by atoms with Gasteiger partial charge in [0.05, 0.1) is 19.3 Å². The highest BCUT2D eigenvalue weighted by Gasteiger charge is 2.53. The number of aliphatic hydroxyl groups excluding tert-OH is 1. The number of aromatic amines is 1. The lowest BCUT2D eigenvalue weighted by Crippen LogP contribution is -2.41. The Balaban J connectivity index is 2.44. The number of aromatic nitrogens is 2. The third-order valence-electron chi connectivity index (χ3n) is 3.93. The number of aliphatic hydroxyl groups is 1. The maximum absolute atomic E-state index is 12.2. The number of H-pyrrole nitrogens is 1. The van der Waals surface area contributed by atoms with Crippen LogP contribution in [0.4, 0.5) is 0 Å². The molecule has 2 N–H and O–H groups in total. The Morgan fingerprint density at radius 3 is 2.69 bits per heavy atom. The van der Waals surface area contributed by atoms with E-state index in [9.17, 15) is 19.3 Å². The second kappa shape index (κ2) is 9.23. The molecule has 10 nitrogen and oxygen atoms in total. The SMILES string of the molecule is COCCOC1C(O[P+](=O)S)C(C(C)O)OC1n1cc(C)c(=O)[nH]c1=O. The van der Waals surface area contributed by atoms with Gasteiger partial charge in [0.1, 0.15) is 24.5 Å². The molecule has 1 aromatic rings. The van der Waals surface area contributed by atoms with E-state index >= 15 is 0 Å². The van der Waals surface area contributed by atoms with Crippen LogP contribution in [0.25, 0.3) is 0 Å². The van der Waals surface area contributed by atoms with Crippen LogP contribution in [-0.4, -0.2) is 59.4 Å². The summed E-state index contributed by atoms with van der Waals surface area (Å²) in [6, 6.07) is 0. The molecule has 1 aromatic heterocycles. The summed E-state index contributed by atoms with van der Waals surface area (Å²) >= 11 is 3.75. The van der Waals surface area contributed by atoms with Crippen molar-refractivity contribution in [3.05, 3.63) is 32.6 Å². The average molecular weight is 409 g/mol. The van der Waals surface area contributed by atoms with Crippen molar-refractivity contribution in [1.29, 1.82) is 0 Å². The van der Waals surface area contributed by atoms with Crippen molar-refractivity contribution in [3.63, 3.8) is 0 Å². The normalized spacial score (nSPS) is 27.5. The lowest BCUT2D eigenvalue weighted by molar-refractivity contribution is -0.0902. The largest absolute Gasteiger partial charge is 0.582 e. The molecule has 2 heterocycles. The summed E-state index contributed by atoms with van der Waals surface area (Å²) in [6.07, 6.45) is -3.43. The Bertz CT molecular complexity index is 751. The lowest BCUT2D eigenvalue weighted by Gasteiger charge is -2.22. The van der Waals surface area contributed by atoms with Crippen molar-refractivity contribution in [1.82, 2.24) is 9.55 Å². The Kier molecular flexibility index (Phi) is 7.53. The van der Waals surface area contributed by atoms with E-state index in [1.54, 1.807) is 0 Å². The van der Waals surface area contributed by atoms with E-state index in [0.29, 0.717) is 5.56 Å². The van der Waals surface area contributed by atoms with Crippen LogP contribution < -0.4 is 11.2 Å². The van der Waals surface area contributed by atoms with Gasteiger partial charge in [0.15, 0.2) is 12.3 Å². The second-order valence-corrected chi connectivity index (χ2v) is 7.51. The molecule has 1 aliphatic rings. The molecule has 6 unspecified atom stereocenters. The fraction of sp³-hybridized carbons (Fsp3) is 0.714. The molecule has 0 aliphatic carbocycles. The van der Waals surface area contributed by atoms with Gasteiger partial charge in [-0.25, -0.2) is 4.79 Å². The summed E-state index contributed by atoms with van der Waals surface area (Å²) in [5.41, 5.74) is -0.923. The number of nitrogens with zero attached hydrogens (tertiary/aromatic N) is 1. The van der Waals surface area contributed by atoms with Crippen LogP contribution >= 0.6 is 19.5 Å². The van der Waals surface area contributed by atoms with Gasteiger partial charge in [-0.2, -0.15) is 0 Å². The number of ether oxygens (including phenoxy) is 3. The van der Waals surface area contributed by atoms with Crippen molar-refractivity contribution in [3.8, 4) is 0 Å². The first-order chi connectivity index (χ1) is 12.3. The number of aryl methyl sites for hydroxylation is 1. The predicted molar refractivity (Wildman–Crippen MR) is 94.7 cm³/mol. The Hall–Kier alpha value is -1.07. The summed E-state index contributed by atoms with van der Waals surface area (Å²) in [6.45, 7) is 3.42. The van der Waals surface area contributed by atoms with Crippen molar-refractivity contribution in [2.45, 2.75) is 44.5 Å². The van der Waals surface area contributed by atoms with Gasteiger partial charge in [-0.3, -0.25) is 14.3 Å².